The van der Waals surface area contributed by atoms with Gasteiger partial charge in [0, 0.05) is 6.54 Å². The largest absolute Gasteiger partial charge is 0.462 e. The molecule has 5 nitrogen and oxygen atoms in total. The van der Waals surface area contributed by atoms with Crippen LogP contribution in [0.15, 0.2) is 24.3 Å². The second-order valence-corrected chi connectivity index (χ2v) is 3.87. The van der Waals surface area contributed by atoms with E-state index >= 15 is 0 Å². The van der Waals surface area contributed by atoms with E-state index in [4.69, 9.17) is 19.9 Å². The maximum atomic E-state index is 11.4. The van der Waals surface area contributed by atoms with E-state index in [1.54, 1.807) is 19.1 Å². The molecule has 0 fully saturated rings. The first kappa shape index (κ1) is 15.6. The molecule has 1 rings (SSSR count). The Morgan fingerprint density at radius 1 is 1.11 bits per heavy atom. The smallest absolute Gasteiger partial charge is 0.338 e. The number of ether oxygens (including phenoxy) is 3. The summed E-state index contributed by atoms with van der Waals surface area (Å²) < 4.78 is 15.5. The summed E-state index contributed by atoms with van der Waals surface area (Å²) in [6, 6.07) is 7.18. The Labute approximate surface area is 113 Å². The summed E-state index contributed by atoms with van der Waals surface area (Å²) >= 11 is 0. The summed E-state index contributed by atoms with van der Waals surface area (Å²) in [5.41, 5.74) is 6.85. The molecular formula is C14H21NO4. The van der Waals surface area contributed by atoms with Crippen molar-refractivity contribution in [2.45, 2.75) is 13.5 Å². The van der Waals surface area contributed by atoms with Crippen molar-refractivity contribution < 1.29 is 19.0 Å². The highest BCUT2D eigenvalue weighted by atomic mass is 16.5. The minimum absolute atomic E-state index is 0.301. The van der Waals surface area contributed by atoms with Gasteiger partial charge in [-0.2, -0.15) is 0 Å². The molecule has 0 heterocycles. The molecule has 2 N–H and O–H groups in total. The Morgan fingerprint density at radius 3 is 2.42 bits per heavy atom. The molecule has 0 aromatic heterocycles. The van der Waals surface area contributed by atoms with Gasteiger partial charge in [-0.15, -0.1) is 0 Å². The number of hydrogen-bond acceptors (Lipinski definition) is 5. The van der Waals surface area contributed by atoms with Crippen LogP contribution in [0.3, 0.4) is 0 Å². The highest BCUT2D eigenvalue weighted by Gasteiger charge is 2.05. The van der Waals surface area contributed by atoms with E-state index in [1.165, 1.54) is 0 Å². The maximum absolute atomic E-state index is 11.4. The average molecular weight is 267 g/mol. The molecule has 0 radical (unpaired) electrons. The number of rotatable bonds is 9. The van der Waals surface area contributed by atoms with Gasteiger partial charge in [-0.05, 0) is 24.6 Å². The van der Waals surface area contributed by atoms with E-state index in [1.807, 2.05) is 12.1 Å². The van der Waals surface area contributed by atoms with E-state index in [0.717, 1.165) is 5.56 Å². The van der Waals surface area contributed by atoms with Gasteiger partial charge >= 0.3 is 5.97 Å². The fourth-order valence-corrected chi connectivity index (χ4v) is 1.44. The molecule has 0 amide bonds. The topological polar surface area (TPSA) is 70.8 Å². The van der Waals surface area contributed by atoms with Crippen LogP contribution in [0.4, 0.5) is 0 Å². The highest BCUT2D eigenvalue weighted by Crippen LogP contribution is 2.07. The van der Waals surface area contributed by atoms with Crippen LogP contribution in [0.25, 0.3) is 0 Å². The summed E-state index contributed by atoms with van der Waals surface area (Å²) in [6.07, 6.45) is 0. The molecule has 1 aromatic carbocycles. The SMILES string of the molecule is CCOC(=O)c1ccc(COCCOCCN)cc1. The third-order valence-electron chi connectivity index (χ3n) is 2.37. The lowest BCUT2D eigenvalue weighted by molar-refractivity contribution is 0.0433. The van der Waals surface area contributed by atoms with Crippen LogP contribution < -0.4 is 5.73 Å². The van der Waals surface area contributed by atoms with Gasteiger partial charge in [0.05, 0.1) is 38.6 Å². The lowest BCUT2D eigenvalue weighted by Crippen LogP contribution is -2.12. The standard InChI is InChI=1S/C14H21NO4/c1-2-19-14(16)13-5-3-12(4-6-13)11-18-10-9-17-8-7-15/h3-6H,2,7-11,15H2,1H3. The molecule has 0 aliphatic heterocycles. The first-order valence-corrected chi connectivity index (χ1v) is 6.39. The van der Waals surface area contributed by atoms with Crippen LogP contribution in [0, 0.1) is 0 Å². The van der Waals surface area contributed by atoms with Crippen molar-refractivity contribution >= 4 is 5.97 Å². The summed E-state index contributed by atoms with van der Waals surface area (Å²) in [7, 11) is 0. The van der Waals surface area contributed by atoms with Crippen molar-refractivity contribution in [3.8, 4) is 0 Å². The molecular weight excluding hydrogens is 246 g/mol. The van der Waals surface area contributed by atoms with Crippen LogP contribution in [-0.2, 0) is 20.8 Å². The van der Waals surface area contributed by atoms with Gasteiger partial charge in [0.2, 0.25) is 0 Å². The number of carbonyl (C=O) groups is 1. The van der Waals surface area contributed by atoms with Gasteiger partial charge < -0.3 is 19.9 Å². The molecule has 0 aliphatic rings. The third kappa shape index (κ3) is 6.33. The van der Waals surface area contributed by atoms with Gasteiger partial charge in [0.1, 0.15) is 0 Å². The summed E-state index contributed by atoms with van der Waals surface area (Å²) in [4.78, 5) is 11.4. The van der Waals surface area contributed by atoms with E-state index in [2.05, 4.69) is 0 Å². The van der Waals surface area contributed by atoms with Crippen molar-refractivity contribution in [3.63, 3.8) is 0 Å². The monoisotopic (exact) mass is 267 g/mol. The number of carbonyl (C=O) groups excluding carboxylic acids is 1. The zero-order chi connectivity index (χ0) is 13.9. The van der Waals surface area contributed by atoms with Crippen molar-refractivity contribution in [2.75, 3.05) is 33.0 Å². The molecule has 0 saturated carbocycles. The molecule has 19 heavy (non-hydrogen) atoms. The van der Waals surface area contributed by atoms with Gasteiger partial charge in [-0.1, -0.05) is 12.1 Å². The van der Waals surface area contributed by atoms with Crippen molar-refractivity contribution in [3.05, 3.63) is 35.4 Å². The zero-order valence-electron chi connectivity index (χ0n) is 11.3. The molecule has 5 heteroatoms. The fraction of sp³-hybridized carbons (Fsp3) is 0.500. The lowest BCUT2D eigenvalue weighted by Gasteiger charge is -2.06. The van der Waals surface area contributed by atoms with Crippen LogP contribution >= 0.6 is 0 Å². The van der Waals surface area contributed by atoms with E-state index in [-0.39, 0.29) is 5.97 Å². The number of nitrogens with two attached hydrogens (primary N) is 1. The van der Waals surface area contributed by atoms with E-state index in [9.17, 15) is 4.79 Å². The zero-order valence-corrected chi connectivity index (χ0v) is 11.3. The predicted molar refractivity (Wildman–Crippen MR) is 71.9 cm³/mol. The summed E-state index contributed by atoms with van der Waals surface area (Å²) in [6.45, 7) is 4.80. The van der Waals surface area contributed by atoms with E-state index < -0.39 is 0 Å². The van der Waals surface area contributed by atoms with E-state index in [0.29, 0.717) is 45.1 Å². The van der Waals surface area contributed by atoms with Gasteiger partial charge in [-0.25, -0.2) is 4.79 Å². The Morgan fingerprint density at radius 2 is 1.79 bits per heavy atom. The van der Waals surface area contributed by atoms with Crippen LogP contribution in [0.1, 0.15) is 22.8 Å². The third-order valence-corrected chi connectivity index (χ3v) is 2.37. The van der Waals surface area contributed by atoms with Gasteiger partial charge in [0.25, 0.3) is 0 Å². The van der Waals surface area contributed by atoms with Gasteiger partial charge in [0.15, 0.2) is 0 Å². The highest BCUT2D eigenvalue weighted by molar-refractivity contribution is 5.89. The van der Waals surface area contributed by atoms with Crippen LogP contribution in [-0.4, -0.2) is 38.9 Å². The Hall–Kier alpha value is -1.43. The molecule has 0 unspecified atom stereocenters. The fourth-order valence-electron chi connectivity index (χ4n) is 1.44. The van der Waals surface area contributed by atoms with Crippen molar-refractivity contribution in [2.24, 2.45) is 5.73 Å². The number of benzene rings is 1. The molecule has 0 saturated heterocycles. The minimum Gasteiger partial charge on any atom is -0.462 e. The molecule has 0 bridgehead atoms. The summed E-state index contributed by atoms with van der Waals surface area (Å²) in [5, 5.41) is 0. The number of esters is 1. The summed E-state index contributed by atoms with van der Waals surface area (Å²) in [5.74, 6) is -0.301. The average Bonchev–Trinajstić information content (AvgIpc) is 2.43. The molecule has 1 aromatic rings. The molecule has 0 aliphatic carbocycles. The Kier molecular flexibility index (Phi) is 7.81. The van der Waals surface area contributed by atoms with Gasteiger partial charge in [-0.3, -0.25) is 0 Å². The molecule has 0 spiro atoms. The lowest BCUT2D eigenvalue weighted by atomic mass is 10.1. The second-order valence-electron chi connectivity index (χ2n) is 3.87. The minimum atomic E-state index is -0.301. The van der Waals surface area contributed by atoms with Crippen LogP contribution in [0.5, 0.6) is 0 Å². The van der Waals surface area contributed by atoms with Crippen molar-refractivity contribution in [1.82, 2.24) is 0 Å². The molecule has 106 valence electrons. The molecule has 0 atom stereocenters. The normalized spacial score (nSPS) is 10.4. The predicted octanol–water partition coefficient (Wildman–Crippen LogP) is 1.36. The Balaban J connectivity index is 2.26. The maximum Gasteiger partial charge on any atom is 0.338 e. The first-order valence-electron chi connectivity index (χ1n) is 6.39. The van der Waals surface area contributed by atoms with Crippen molar-refractivity contribution in [1.29, 1.82) is 0 Å². The second kappa shape index (κ2) is 9.49. The quantitative estimate of drug-likeness (QED) is 0.540. The Bertz CT molecular complexity index is 364. The number of hydrogen-bond donors (Lipinski definition) is 1. The van der Waals surface area contributed by atoms with Crippen LogP contribution in [0.2, 0.25) is 0 Å². The first-order chi connectivity index (χ1) is 9.27.